The molecule has 0 aromatic heterocycles. The molecule has 0 bridgehead atoms. The predicted molar refractivity (Wildman–Crippen MR) is 36.0 cm³/mol. The number of hydrogen-bond donors (Lipinski definition) is 0. The second kappa shape index (κ2) is 4.26. The molecule has 0 atom stereocenters. The molecule has 0 aliphatic carbocycles. The third kappa shape index (κ3) is 9.33. The maximum Gasteiger partial charge on any atom is 0.412 e. The minimum Gasteiger partial charge on any atom is -0.501 e. The Morgan fingerprint density at radius 1 is 1.36 bits per heavy atom. The van der Waals surface area contributed by atoms with E-state index in [1.165, 1.54) is 0 Å². The van der Waals surface area contributed by atoms with Crippen molar-refractivity contribution in [1.29, 1.82) is 0 Å². The molecule has 0 N–H and O–H groups in total. The Labute approximate surface area is 63.8 Å². The summed E-state index contributed by atoms with van der Waals surface area (Å²) in [6, 6.07) is 0. The maximum absolute atomic E-state index is 11.4. The van der Waals surface area contributed by atoms with Gasteiger partial charge in [0.1, 0.15) is 0 Å². The normalized spacial score (nSPS) is 12.9. The topological polar surface area (TPSA) is 9.23 Å². The van der Waals surface area contributed by atoms with Gasteiger partial charge in [-0.15, -0.1) is 0 Å². The van der Waals surface area contributed by atoms with Crippen LogP contribution in [0.5, 0.6) is 0 Å². The number of allylic oxidation sites excluding steroid dienone is 1. The van der Waals surface area contributed by atoms with Crippen molar-refractivity contribution in [3.63, 3.8) is 0 Å². The van der Waals surface area contributed by atoms with Crippen LogP contribution in [0.3, 0.4) is 0 Å². The fraction of sp³-hybridized carbons (Fsp3) is 0.714. The van der Waals surface area contributed by atoms with Crippen LogP contribution >= 0.6 is 0 Å². The molecule has 0 aromatic rings. The van der Waals surface area contributed by atoms with E-state index < -0.39 is 6.18 Å². The largest absolute Gasteiger partial charge is 0.501 e. The first-order valence-corrected chi connectivity index (χ1v) is 3.28. The molecular formula is C7H11F3O. The highest BCUT2D eigenvalue weighted by atomic mass is 19.4. The van der Waals surface area contributed by atoms with E-state index in [1.807, 2.05) is 13.8 Å². The van der Waals surface area contributed by atoms with Gasteiger partial charge in [-0.1, -0.05) is 13.8 Å². The first-order valence-electron chi connectivity index (χ1n) is 3.28. The van der Waals surface area contributed by atoms with Gasteiger partial charge in [-0.25, -0.2) is 0 Å². The fourth-order valence-corrected chi connectivity index (χ4v) is 0.373. The van der Waals surface area contributed by atoms with Crippen LogP contribution < -0.4 is 0 Å². The van der Waals surface area contributed by atoms with Gasteiger partial charge in [0, 0.05) is 0 Å². The highest BCUT2D eigenvalue weighted by Gasteiger charge is 2.22. The molecule has 0 radical (unpaired) electrons. The molecule has 1 nitrogen and oxygen atoms in total. The van der Waals surface area contributed by atoms with Gasteiger partial charge in [0.05, 0.1) is 18.9 Å². The molecule has 0 heterocycles. The van der Waals surface area contributed by atoms with E-state index in [-0.39, 0.29) is 12.0 Å². The highest BCUT2D eigenvalue weighted by Crippen LogP contribution is 2.15. The quantitative estimate of drug-likeness (QED) is 0.589. The van der Waals surface area contributed by atoms with E-state index in [1.54, 1.807) is 0 Å². The molecule has 0 saturated heterocycles. The summed E-state index contributed by atoms with van der Waals surface area (Å²) >= 11 is 0. The Balaban J connectivity index is 3.46. The van der Waals surface area contributed by atoms with Gasteiger partial charge in [-0.05, 0) is 5.92 Å². The smallest absolute Gasteiger partial charge is 0.412 e. The van der Waals surface area contributed by atoms with E-state index in [9.17, 15) is 13.2 Å². The lowest BCUT2D eigenvalue weighted by molar-refractivity contribution is -0.0817. The summed E-state index contributed by atoms with van der Waals surface area (Å²) in [6.07, 6.45) is -3.51. The van der Waals surface area contributed by atoms with E-state index in [0.717, 1.165) is 0 Å². The van der Waals surface area contributed by atoms with Crippen LogP contribution in [-0.4, -0.2) is 12.8 Å². The average molecular weight is 168 g/mol. The Morgan fingerprint density at radius 3 is 2.27 bits per heavy atom. The van der Waals surface area contributed by atoms with Crippen molar-refractivity contribution < 1.29 is 17.9 Å². The summed E-state index contributed by atoms with van der Waals surface area (Å²) in [5, 5.41) is 0. The highest BCUT2D eigenvalue weighted by molar-refractivity contribution is 4.82. The van der Waals surface area contributed by atoms with Crippen molar-refractivity contribution in [1.82, 2.24) is 0 Å². The summed E-state index contributed by atoms with van der Waals surface area (Å²) < 4.78 is 38.8. The Bertz CT molecular complexity index is 126. The van der Waals surface area contributed by atoms with Crippen molar-refractivity contribution in [3.8, 4) is 0 Å². The molecule has 0 aromatic carbocycles. The molecule has 0 spiro atoms. The summed E-state index contributed by atoms with van der Waals surface area (Å²) in [5.74, 6) is 0.243. The van der Waals surface area contributed by atoms with Crippen LogP contribution in [0.25, 0.3) is 0 Å². The molecule has 0 aliphatic rings. The van der Waals surface area contributed by atoms with Crippen molar-refractivity contribution in [2.75, 3.05) is 6.61 Å². The second-order valence-corrected chi connectivity index (χ2v) is 2.57. The van der Waals surface area contributed by atoms with Crippen LogP contribution in [0, 0.1) is 5.92 Å². The van der Waals surface area contributed by atoms with Gasteiger partial charge >= 0.3 is 6.18 Å². The molecule has 0 rings (SSSR count). The lowest BCUT2D eigenvalue weighted by Gasteiger charge is -2.03. The predicted octanol–water partition coefficient (Wildman–Crippen LogP) is 2.74. The zero-order valence-corrected chi connectivity index (χ0v) is 6.48. The van der Waals surface area contributed by atoms with Crippen LogP contribution in [0.4, 0.5) is 13.2 Å². The van der Waals surface area contributed by atoms with Gasteiger partial charge in [0.15, 0.2) is 0 Å². The minimum absolute atomic E-state index is 0.0788. The first-order chi connectivity index (χ1) is 4.92. The van der Waals surface area contributed by atoms with E-state index >= 15 is 0 Å². The van der Waals surface area contributed by atoms with Crippen LogP contribution in [0.2, 0.25) is 0 Å². The lowest BCUT2D eigenvalue weighted by atomic mass is 10.2. The number of ether oxygens (including phenoxy) is 1. The summed E-state index contributed by atoms with van der Waals surface area (Å²) in [7, 11) is 0. The summed E-state index contributed by atoms with van der Waals surface area (Å²) in [6.45, 7) is 4.04. The van der Waals surface area contributed by atoms with Gasteiger partial charge in [0.2, 0.25) is 0 Å². The van der Waals surface area contributed by atoms with Gasteiger partial charge in [-0.3, -0.25) is 0 Å². The molecule has 4 heteroatoms. The van der Waals surface area contributed by atoms with Crippen LogP contribution in [0.15, 0.2) is 12.3 Å². The van der Waals surface area contributed by atoms with Gasteiger partial charge < -0.3 is 4.74 Å². The first kappa shape index (κ1) is 10.3. The molecule has 0 amide bonds. The number of halogens is 3. The second-order valence-electron chi connectivity index (χ2n) is 2.57. The Morgan fingerprint density at radius 2 is 1.91 bits per heavy atom. The molecule has 0 saturated carbocycles. The van der Waals surface area contributed by atoms with Crippen molar-refractivity contribution in [3.05, 3.63) is 12.3 Å². The maximum atomic E-state index is 11.4. The SMILES string of the molecule is CC(C)CO/C=C\C(F)(F)F. The van der Waals surface area contributed by atoms with Gasteiger partial charge in [0.25, 0.3) is 0 Å². The number of rotatable bonds is 3. The molecule has 0 aliphatic heterocycles. The van der Waals surface area contributed by atoms with E-state index in [0.29, 0.717) is 12.9 Å². The standard InChI is InChI=1S/C7H11F3O/c1-6(2)5-11-4-3-7(8,9)10/h3-4,6H,5H2,1-2H3/b4-3-. The van der Waals surface area contributed by atoms with E-state index in [2.05, 4.69) is 4.74 Å². The zero-order chi connectivity index (χ0) is 8.91. The van der Waals surface area contributed by atoms with Crippen molar-refractivity contribution in [2.45, 2.75) is 20.0 Å². The molecule has 0 fully saturated rings. The monoisotopic (exact) mass is 168 g/mol. The average Bonchev–Trinajstić information content (AvgIpc) is 1.78. The number of hydrogen-bond acceptors (Lipinski definition) is 1. The lowest BCUT2D eigenvalue weighted by Crippen LogP contribution is -2.02. The molecule has 66 valence electrons. The van der Waals surface area contributed by atoms with Crippen molar-refractivity contribution in [2.24, 2.45) is 5.92 Å². The zero-order valence-electron chi connectivity index (χ0n) is 6.48. The van der Waals surface area contributed by atoms with Gasteiger partial charge in [-0.2, -0.15) is 13.2 Å². The van der Waals surface area contributed by atoms with E-state index in [4.69, 9.17) is 0 Å². The third-order valence-corrected chi connectivity index (χ3v) is 0.783. The van der Waals surface area contributed by atoms with Crippen LogP contribution in [0.1, 0.15) is 13.8 Å². The molecule has 11 heavy (non-hydrogen) atoms. The summed E-state index contributed by atoms with van der Waals surface area (Å²) in [5.41, 5.74) is 0. The Hall–Kier alpha value is -0.670. The number of alkyl halides is 3. The fourth-order valence-electron chi connectivity index (χ4n) is 0.373. The van der Waals surface area contributed by atoms with Crippen molar-refractivity contribution >= 4 is 0 Å². The third-order valence-electron chi connectivity index (χ3n) is 0.783. The Kier molecular flexibility index (Phi) is 4.00. The molecular weight excluding hydrogens is 157 g/mol. The minimum atomic E-state index is -4.27. The van der Waals surface area contributed by atoms with Crippen LogP contribution in [-0.2, 0) is 4.74 Å². The summed E-state index contributed by atoms with van der Waals surface area (Å²) in [4.78, 5) is 0. The molecule has 0 unspecified atom stereocenters.